The zero-order valence-electron chi connectivity index (χ0n) is 11.6. The lowest BCUT2D eigenvalue weighted by Crippen LogP contribution is -2.43. The number of hydrogen-bond donors (Lipinski definition) is 1. The van der Waals surface area contributed by atoms with E-state index in [0.29, 0.717) is 6.04 Å². The Labute approximate surface area is 114 Å². The molecule has 0 aromatic heterocycles. The largest absolute Gasteiger partial charge is 0.366 e. The Morgan fingerprint density at radius 3 is 2.79 bits per heavy atom. The standard InChI is InChI=1S/C16H23FN2/c1-11(18)13-7-8-16(14(17)10-13)19-9-3-5-12-4-2-6-15(12)19/h7-8,10-12,15H,2-6,9,18H2,1H3. The van der Waals surface area contributed by atoms with Crippen LogP contribution in [0.2, 0.25) is 0 Å². The number of fused-ring (bicyclic) bond motifs is 1. The Kier molecular flexibility index (Phi) is 3.48. The molecule has 104 valence electrons. The van der Waals surface area contributed by atoms with Gasteiger partial charge in [-0.3, -0.25) is 0 Å². The predicted octanol–water partition coefficient (Wildman–Crippen LogP) is 3.61. The van der Waals surface area contributed by atoms with E-state index in [9.17, 15) is 4.39 Å². The van der Waals surface area contributed by atoms with Gasteiger partial charge in [-0.1, -0.05) is 12.5 Å². The second-order valence-electron chi connectivity index (χ2n) is 6.09. The summed E-state index contributed by atoms with van der Waals surface area (Å²) in [4.78, 5) is 2.31. The van der Waals surface area contributed by atoms with E-state index in [1.807, 2.05) is 19.1 Å². The zero-order valence-corrected chi connectivity index (χ0v) is 11.6. The van der Waals surface area contributed by atoms with Crippen LogP contribution in [0, 0.1) is 11.7 Å². The van der Waals surface area contributed by atoms with Crippen LogP contribution in [0.25, 0.3) is 0 Å². The maximum absolute atomic E-state index is 14.4. The van der Waals surface area contributed by atoms with Gasteiger partial charge in [-0.05, 0) is 56.2 Å². The molecule has 1 saturated heterocycles. The predicted molar refractivity (Wildman–Crippen MR) is 76.7 cm³/mol. The van der Waals surface area contributed by atoms with Crippen LogP contribution in [0.1, 0.15) is 50.6 Å². The Balaban J connectivity index is 1.88. The first-order valence-electron chi connectivity index (χ1n) is 7.48. The second kappa shape index (κ2) is 5.12. The highest BCUT2D eigenvalue weighted by molar-refractivity contribution is 5.51. The third kappa shape index (κ3) is 2.36. The SMILES string of the molecule is CC(N)c1ccc(N2CCCC3CCCC32)c(F)c1. The summed E-state index contributed by atoms with van der Waals surface area (Å²) in [5.41, 5.74) is 7.47. The summed E-state index contributed by atoms with van der Waals surface area (Å²) < 4.78 is 14.4. The van der Waals surface area contributed by atoms with Crippen molar-refractivity contribution >= 4 is 5.69 Å². The molecular weight excluding hydrogens is 239 g/mol. The first-order valence-corrected chi connectivity index (χ1v) is 7.48. The van der Waals surface area contributed by atoms with Crippen molar-refractivity contribution in [2.75, 3.05) is 11.4 Å². The molecule has 0 amide bonds. The summed E-state index contributed by atoms with van der Waals surface area (Å²) in [6.45, 7) is 2.89. The molecule has 2 fully saturated rings. The molecule has 1 aliphatic carbocycles. The van der Waals surface area contributed by atoms with E-state index < -0.39 is 0 Å². The number of nitrogens with two attached hydrogens (primary N) is 1. The van der Waals surface area contributed by atoms with E-state index in [4.69, 9.17) is 5.73 Å². The van der Waals surface area contributed by atoms with Crippen LogP contribution in [0.5, 0.6) is 0 Å². The monoisotopic (exact) mass is 262 g/mol. The number of anilines is 1. The zero-order chi connectivity index (χ0) is 13.4. The van der Waals surface area contributed by atoms with Gasteiger partial charge in [-0.2, -0.15) is 0 Å². The van der Waals surface area contributed by atoms with Gasteiger partial charge in [0.1, 0.15) is 5.82 Å². The summed E-state index contributed by atoms with van der Waals surface area (Å²) in [5, 5.41) is 0. The highest BCUT2D eigenvalue weighted by Crippen LogP contribution is 2.40. The van der Waals surface area contributed by atoms with Gasteiger partial charge in [-0.25, -0.2) is 4.39 Å². The van der Waals surface area contributed by atoms with Crippen molar-refractivity contribution in [3.8, 4) is 0 Å². The summed E-state index contributed by atoms with van der Waals surface area (Å²) >= 11 is 0. The number of piperidine rings is 1. The average molecular weight is 262 g/mol. The molecule has 1 aliphatic heterocycles. The van der Waals surface area contributed by atoms with Gasteiger partial charge < -0.3 is 10.6 Å². The van der Waals surface area contributed by atoms with E-state index >= 15 is 0 Å². The lowest BCUT2D eigenvalue weighted by Gasteiger charge is -2.39. The molecule has 1 aromatic carbocycles. The topological polar surface area (TPSA) is 29.3 Å². The van der Waals surface area contributed by atoms with Crippen LogP contribution in [-0.2, 0) is 0 Å². The average Bonchev–Trinajstić information content (AvgIpc) is 2.86. The maximum Gasteiger partial charge on any atom is 0.146 e. The van der Waals surface area contributed by atoms with Crippen LogP contribution in [-0.4, -0.2) is 12.6 Å². The first-order chi connectivity index (χ1) is 9.16. The third-order valence-corrected chi connectivity index (χ3v) is 4.80. The summed E-state index contributed by atoms with van der Waals surface area (Å²) in [6.07, 6.45) is 6.35. The number of nitrogens with zero attached hydrogens (tertiary/aromatic N) is 1. The second-order valence-corrected chi connectivity index (χ2v) is 6.09. The Hall–Kier alpha value is -1.09. The van der Waals surface area contributed by atoms with E-state index in [1.165, 1.54) is 32.1 Å². The third-order valence-electron chi connectivity index (χ3n) is 4.80. The van der Waals surface area contributed by atoms with Crippen molar-refractivity contribution in [2.24, 2.45) is 11.7 Å². The van der Waals surface area contributed by atoms with Crippen LogP contribution in [0.15, 0.2) is 18.2 Å². The van der Waals surface area contributed by atoms with Gasteiger partial charge in [-0.15, -0.1) is 0 Å². The van der Waals surface area contributed by atoms with Gasteiger partial charge in [0.15, 0.2) is 0 Å². The molecule has 0 spiro atoms. The summed E-state index contributed by atoms with van der Waals surface area (Å²) in [7, 11) is 0. The van der Waals surface area contributed by atoms with Crippen molar-refractivity contribution in [3.05, 3.63) is 29.6 Å². The van der Waals surface area contributed by atoms with Crippen molar-refractivity contribution in [1.82, 2.24) is 0 Å². The van der Waals surface area contributed by atoms with Gasteiger partial charge >= 0.3 is 0 Å². The maximum atomic E-state index is 14.4. The molecule has 0 radical (unpaired) electrons. The van der Waals surface area contributed by atoms with E-state index in [0.717, 1.165) is 23.7 Å². The van der Waals surface area contributed by atoms with E-state index in [2.05, 4.69) is 4.90 Å². The number of benzene rings is 1. The molecule has 2 aliphatic rings. The molecule has 19 heavy (non-hydrogen) atoms. The van der Waals surface area contributed by atoms with Crippen molar-refractivity contribution < 1.29 is 4.39 Å². The van der Waals surface area contributed by atoms with Gasteiger partial charge in [0, 0.05) is 18.6 Å². The van der Waals surface area contributed by atoms with Gasteiger partial charge in [0.25, 0.3) is 0 Å². The Bertz CT molecular complexity index is 458. The number of hydrogen-bond acceptors (Lipinski definition) is 2. The molecule has 3 heteroatoms. The number of halogens is 1. The summed E-state index contributed by atoms with van der Waals surface area (Å²) in [5.74, 6) is 0.670. The molecule has 1 saturated carbocycles. The van der Waals surface area contributed by atoms with E-state index in [1.54, 1.807) is 6.07 Å². The van der Waals surface area contributed by atoms with Crippen LogP contribution in [0.3, 0.4) is 0 Å². The molecule has 1 aromatic rings. The fourth-order valence-corrected chi connectivity index (χ4v) is 3.79. The summed E-state index contributed by atoms with van der Waals surface area (Å²) in [6, 6.07) is 5.96. The Morgan fingerprint density at radius 1 is 1.26 bits per heavy atom. The molecule has 0 bridgehead atoms. The molecular formula is C16H23FN2. The normalized spacial score (nSPS) is 28.3. The number of rotatable bonds is 2. The molecule has 1 heterocycles. The van der Waals surface area contributed by atoms with Crippen molar-refractivity contribution in [1.29, 1.82) is 0 Å². The van der Waals surface area contributed by atoms with Crippen molar-refractivity contribution in [2.45, 2.75) is 51.1 Å². The highest BCUT2D eigenvalue weighted by atomic mass is 19.1. The first kappa shape index (κ1) is 12.9. The fraction of sp³-hybridized carbons (Fsp3) is 0.625. The fourth-order valence-electron chi connectivity index (χ4n) is 3.79. The highest BCUT2D eigenvalue weighted by Gasteiger charge is 2.35. The minimum Gasteiger partial charge on any atom is -0.366 e. The van der Waals surface area contributed by atoms with Gasteiger partial charge in [0.05, 0.1) is 5.69 Å². The van der Waals surface area contributed by atoms with Crippen molar-refractivity contribution in [3.63, 3.8) is 0 Å². The minimum absolute atomic E-state index is 0.107. The lowest BCUT2D eigenvalue weighted by molar-refractivity contribution is 0.359. The van der Waals surface area contributed by atoms with Crippen LogP contribution >= 0.6 is 0 Å². The molecule has 2 nitrogen and oxygen atoms in total. The molecule has 3 rings (SSSR count). The molecule has 2 N–H and O–H groups in total. The lowest BCUT2D eigenvalue weighted by atomic mass is 9.91. The molecule has 3 atom stereocenters. The minimum atomic E-state index is -0.109. The van der Waals surface area contributed by atoms with Crippen LogP contribution in [0.4, 0.5) is 10.1 Å². The van der Waals surface area contributed by atoms with Gasteiger partial charge in [0.2, 0.25) is 0 Å². The smallest absolute Gasteiger partial charge is 0.146 e. The van der Waals surface area contributed by atoms with Crippen LogP contribution < -0.4 is 10.6 Å². The Morgan fingerprint density at radius 2 is 2.05 bits per heavy atom. The molecule has 3 unspecified atom stereocenters. The van der Waals surface area contributed by atoms with E-state index in [-0.39, 0.29) is 11.9 Å². The quantitative estimate of drug-likeness (QED) is 0.882.